The molecule has 0 amide bonds. The normalized spacial score (nSPS) is 10.4. The Kier molecular flexibility index (Phi) is 4.91. The van der Waals surface area contributed by atoms with Crippen molar-refractivity contribution in [2.75, 3.05) is 0 Å². The zero-order chi connectivity index (χ0) is 15.2. The molecule has 108 valence electrons. The summed E-state index contributed by atoms with van der Waals surface area (Å²) in [5, 5.41) is 12.5. The number of nitrogens with one attached hydrogen (secondary N) is 1. The SMILES string of the molecule is CC(C)NCc1ccc(Oc2ccc(F)cc2)c(C#N)c1. The van der Waals surface area contributed by atoms with Gasteiger partial charge in [0.1, 0.15) is 23.4 Å². The zero-order valence-electron chi connectivity index (χ0n) is 12.1. The quantitative estimate of drug-likeness (QED) is 0.903. The summed E-state index contributed by atoms with van der Waals surface area (Å²) in [5.74, 6) is 0.649. The van der Waals surface area contributed by atoms with Crippen molar-refractivity contribution in [3.05, 3.63) is 59.4 Å². The topological polar surface area (TPSA) is 45.0 Å². The van der Waals surface area contributed by atoms with Crippen LogP contribution in [0.15, 0.2) is 42.5 Å². The standard InChI is InChI=1S/C17H17FN2O/c1-12(2)20-11-13-3-8-17(14(9-13)10-19)21-16-6-4-15(18)5-7-16/h3-9,12,20H,11H2,1-2H3. The number of benzene rings is 2. The van der Waals surface area contributed by atoms with Crippen LogP contribution < -0.4 is 10.1 Å². The highest BCUT2D eigenvalue weighted by atomic mass is 19.1. The Labute approximate surface area is 124 Å². The molecule has 0 heterocycles. The summed E-state index contributed by atoms with van der Waals surface area (Å²) in [5.41, 5.74) is 1.48. The number of hydrogen-bond acceptors (Lipinski definition) is 3. The van der Waals surface area contributed by atoms with Gasteiger partial charge in [-0.2, -0.15) is 5.26 Å². The molecule has 0 saturated heterocycles. The fraction of sp³-hybridized carbons (Fsp3) is 0.235. The zero-order valence-corrected chi connectivity index (χ0v) is 12.1. The lowest BCUT2D eigenvalue weighted by molar-refractivity contribution is 0.478. The van der Waals surface area contributed by atoms with Gasteiger partial charge in [0.2, 0.25) is 0 Å². The molecule has 2 aromatic rings. The Morgan fingerprint density at radius 3 is 2.52 bits per heavy atom. The number of nitrogens with zero attached hydrogens (tertiary/aromatic N) is 1. The van der Waals surface area contributed by atoms with E-state index in [1.54, 1.807) is 12.1 Å². The van der Waals surface area contributed by atoms with Crippen molar-refractivity contribution in [2.24, 2.45) is 0 Å². The Morgan fingerprint density at radius 2 is 1.90 bits per heavy atom. The fourth-order valence-electron chi connectivity index (χ4n) is 1.82. The van der Waals surface area contributed by atoms with Crippen molar-refractivity contribution < 1.29 is 9.13 Å². The lowest BCUT2D eigenvalue weighted by Gasteiger charge is -2.11. The van der Waals surface area contributed by atoms with Gasteiger partial charge in [0.15, 0.2) is 0 Å². The Hall–Kier alpha value is -2.38. The van der Waals surface area contributed by atoms with Crippen LogP contribution in [0.2, 0.25) is 0 Å². The lowest BCUT2D eigenvalue weighted by atomic mass is 10.1. The van der Waals surface area contributed by atoms with Crippen molar-refractivity contribution >= 4 is 0 Å². The molecule has 2 aromatic carbocycles. The van der Waals surface area contributed by atoms with Gasteiger partial charge in [-0.1, -0.05) is 19.9 Å². The number of ether oxygens (including phenoxy) is 1. The maximum absolute atomic E-state index is 12.9. The molecular weight excluding hydrogens is 267 g/mol. The summed E-state index contributed by atoms with van der Waals surface area (Å²) in [6.45, 7) is 4.83. The van der Waals surface area contributed by atoms with E-state index in [9.17, 15) is 9.65 Å². The molecule has 2 rings (SSSR count). The number of hydrogen-bond donors (Lipinski definition) is 1. The van der Waals surface area contributed by atoms with Gasteiger partial charge in [0.05, 0.1) is 5.56 Å². The molecule has 0 radical (unpaired) electrons. The summed E-state index contributed by atoms with van der Waals surface area (Å²) in [6, 6.07) is 13.7. The molecule has 0 aliphatic rings. The van der Waals surface area contributed by atoms with Crippen LogP contribution in [-0.2, 0) is 6.54 Å². The summed E-state index contributed by atoms with van der Waals surface area (Å²) >= 11 is 0. The second-order valence-electron chi connectivity index (χ2n) is 5.03. The van der Waals surface area contributed by atoms with Gasteiger partial charge in [0.25, 0.3) is 0 Å². The summed E-state index contributed by atoms with van der Waals surface area (Å²) < 4.78 is 18.5. The molecule has 0 unspecified atom stereocenters. The summed E-state index contributed by atoms with van der Waals surface area (Å²) in [6.07, 6.45) is 0. The highest BCUT2D eigenvalue weighted by molar-refractivity contribution is 5.47. The van der Waals surface area contributed by atoms with Crippen molar-refractivity contribution in [2.45, 2.75) is 26.4 Å². The van der Waals surface area contributed by atoms with Crippen LogP contribution in [-0.4, -0.2) is 6.04 Å². The minimum absolute atomic E-state index is 0.321. The average molecular weight is 284 g/mol. The first-order valence-corrected chi connectivity index (χ1v) is 6.78. The molecule has 0 aliphatic carbocycles. The molecule has 3 nitrogen and oxygen atoms in total. The third-order valence-corrected chi connectivity index (χ3v) is 2.92. The Bertz CT molecular complexity index is 645. The predicted octanol–water partition coefficient (Wildman–Crippen LogP) is 3.99. The predicted molar refractivity (Wildman–Crippen MR) is 79.6 cm³/mol. The van der Waals surface area contributed by atoms with Crippen LogP contribution in [0, 0.1) is 17.1 Å². The highest BCUT2D eigenvalue weighted by Crippen LogP contribution is 2.26. The molecule has 0 fully saturated rings. The molecule has 0 spiro atoms. The van der Waals surface area contributed by atoms with Gasteiger partial charge in [0, 0.05) is 12.6 Å². The number of nitriles is 1. The minimum Gasteiger partial charge on any atom is -0.456 e. The summed E-state index contributed by atoms with van der Waals surface area (Å²) in [7, 11) is 0. The maximum Gasteiger partial charge on any atom is 0.145 e. The van der Waals surface area contributed by atoms with Crippen LogP contribution in [0.3, 0.4) is 0 Å². The van der Waals surface area contributed by atoms with E-state index in [1.165, 1.54) is 24.3 Å². The average Bonchev–Trinajstić information content (AvgIpc) is 2.48. The first-order chi connectivity index (χ1) is 10.1. The fourth-order valence-corrected chi connectivity index (χ4v) is 1.82. The molecule has 21 heavy (non-hydrogen) atoms. The Balaban J connectivity index is 2.16. The molecule has 4 heteroatoms. The number of rotatable bonds is 5. The largest absolute Gasteiger partial charge is 0.456 e. The van der Waals surface area contributed by atoms with Gasteiger partial charge in [-0.3, -0.25) is 0 Å². The van der Waals surface area contributed by atoms with E-state index in [0.717, 1.165) is 5.56 Å². The van der Waals surface area contributed by atoms with E-state index in [0.29, 0.717) is 29.6 Å². The van der Waals surface area contributed by atoms with Crippen LogP contribution in [0.4, 0.5) is 4.39 Å². The first-order valence-electron chi connectivity index (χ1n) is 6.78. The first kappa shape index (κ1) is 15.0. The third-order valence-electron chi connectivity index (χ3n) is 2.92. The Morgan fingerprint density at radius 1 is 1.19 bits per heavy atom. The van der Waals surface area contributed by atoms with Gasteiger partial charge in [-0.15, -0.1) is 0 Å². The molecule has 0 atom stereocenters. The van der Waals surface area contributed by atoms with Crippen LogP contribution in [0.25, 0.3) is 0 Å². The van der Waals surface area contributed by atoms with Gasteiger partial charge >= 0.3 is 0 Å². The van der Waals surface area contributed by atoms with E-state index < -0.39 is 0 Å². The summed E-state index contributed by atoms with van der Waals surface area (Å²) in [4.78, 5) is 0. The molecular formula is C17H17FN2O. The third kappa shape index (κ3) is 4.30. The molecule has 0 aromatic heterocycles. The monoisotopic (exact) mass is 284 g/mol. The van der Waals surface area contributed by atoms with Gasteiger partial charge < -0.3 is 10.1 Å². The lowest BCUT2D eigenvalue weighted by Crippen LogP contribution is -2.21. The van der Waals surface area contributed by atoms with E-state index in [-0.39, 0.29) is 5.82 Å². The number of halogens is 1. The van der Waals surface area contributed by atoms with Gasteiger partial charge in [-0.25, -0.2) is 4.39 Å². The van der Waals surface area contributed by atoms with Crippen molar-refractivity contribution in [3.8, 4) is 17.6 Å². The van der Waals surface area contributed by atoms with Crippen LogP contribution >= 0.6 is 0 Å². The van der Waals surface area contributed by atoms with E-state index in [2.05, 4.69) is 25.2 Å². The molecule has 1 N–H and O–H groups in total. The molecule has 0 bridgehead atoms. The van der Waals surface area contributed by atoms with E-state index in [1.807, 2.05) is 6.07 Å². The molecule has 0 aliphatic heterocycles. The highest BCUT2D eigenvalue weighted by Gasteiger charge is 2.07. The van der Waals surface area contributed by atoms with Crippen molar-refractivity contribution in [3.63, 3.8) is 0 Å². The van der Waals surface area contributed by atoms with Gasteiger partial charge in [-0.05, 0) is 42.0 Å². The van der Waals surface area contributed by atoms with Crippen molar-refractivity contribution in [1.82, 2.24) is 5.32 Å². The van der Waals surface area contributed by atoms with E-state index >= 15 is 0 Å². The van der Waals surface area contributed by atoms with Crippen molar-refractivity contribution in [1.29, 1.82) is 5.26 Å². The maximum atomic E-state index is 12.9. The van der Waals surface area contributed by atoms with Crippen LogP contribution in [0.5, 0.6) is 11.5 Å². The molecule has 0 saturated carbocycles. The smallest absolute Gasteiger partial charge is 0.145 e. The second-order valence-corrected chi connectivity index (χ2v) is 5.03. The van der Waals surface area contributed by atoms with Crippen LogP contribution in [0.1, 0.15) is 25.0 Å². The van der Waals surface area contributed by atoms with E-state index in [4.69, 9.17) is 4.74 Å². The second kappa shape index (κ2) is 6.87. The minimum atomic E-state index is -0.321.